The highest BCUT2D eigenvalue weighted by atomic mass is 16.3. The molecule has 0 unspecified atom stereocenters. The maximum atomic E-state index is 9.85. The van der Waals surface area contributed by atoms with Gasteiger partial charge in [0, 0.05) is 0 Å². The fourth-order valence-electron chi connectivity index (χ4n) is 8.25. The lowest BCUT2D eigenvalue weighted by Crippen LogP contribution is -2.30. The second-order valence-electron chi connectivity index (χ2n) is 13.5. The Labute approximate surface area is 315 Å². The molecule has 0 saturated carbocycles. The summed E-state index contributed by atoms with van der Waals surface area (Å²) >= 11 is 0. The molecule has 0 saturated heterocycles. The van der Waals surface area contributed by atoms with Gasteiger partial charge in [-0.25, -0.2) is 0 Å². The Kier molecular flexibility index (Phi) is 8.94. The fourth-order valence-corrected chi connectivity index (χ4v) is 8.25. The molecule has 0 aliphatic heterocycles. The van der Waals surface area contributed by atoms with Crippen molar-refractivity contribution in [2.24, 2.45) is 0 Å². The first-order valence-electron chi connectivity index (χ1n) is 17.9. The van der Waals surface area contributed by atoms with E-state index in [1.54, 1.807) is 48.5 Å². The highest BCUT2D eigenvalue weighted by molar-refractivity contribution is 5.86. The van der Waals surface area contributed by atoms with Crippen molar-refractivity contribution >= 4 is 0 Å². The zero-order chi connectivity index (χ0) is 37.1. The van der Waals surface area contributed by atoms with Crippen LogP contribution in [0.4, 0.5) is 0 Å². The largest absolute Gasteiger partial charge is 0.508 e. The van der Waals surface area contributed by atoms with Crippen molar-refractivity contribution in [1.82, 2.24) is 0 Å². The van der Waals surface area contributed by atoms with Crippen LogP contribution >= 0.6 is 0 Å². The van der Waals surface area contributed by atoms with E-state index in [9.17, 15) is 20.4 Å². The van der Waals surface area contributed by atoms with E-state index < -0.39 is 10.8 Å². The van der Waals surface area contributed by atoms with Crippen LogP contribution in [0.2, 0.25) is 0 Å². The van der Waals surface area contributed by atoms with Gasteiger partial charge in [0.15, 0.2) is 0 Å². The first-order valence-corrected chi connectivity index (χ1v) is 17.9. The van der Waals surface area contributed by atoms with Crippen molar-refractivity contribution in [1.29, 1.82) is 0 Å². The molecule has 8 aromatic carbocycles. The Morgan fingerprint density at radius 3 is 0.907 bits per heavy atom. The van der Waals surface area contributed by atoms with Crippen LogP contribution in [0, 0.1) is 0 Å². The molecule has 0 atom stereocenters. The van der Waals surface area contributed by atoms with Crippen LogP contribution in [0.3, 0.4) is 0 Å². The van der Waals surface area contributed by atoms with Gasteiger partial charge in [-0.05, 0) is 104 Å². The summed E-state index contributed by atoms with van der Waals surface area (Å²) < 4.78 is 0. The van der Waals surface area contributed by atoms with Gasteiger partial charge in [-0.1, -0.05) is 158 Å². The van der Waals surface area contributed by atoms with Gasteiger partial charge in [-0.3, -0.25) is 0 Å². The highest BCUT2D eigenvalue weighted by Crippen LogP contribution is 2.56. The smallest absolute Gasteiger partial charge is 0.115 e. The molecular formula is C50H38O4. The van der Waals surface area contributed by atoms with E-state index in [2.05, 4.69) is 72.8 Å². The molecule has 1 aliphatic rings. The summed E-state index contributed by atoms with van der Waals surface area (Å²) in [6, 6.07) is 67.2. The van der Waals surface area contributed by atoms with Crippen molar-refractivity contribution in [3.63, 3.8) is 0 Å². The van der Waals surface area contributed by atoms with Gasteiger partial charge < -0.3 is 20.4 Å². The first kappa shape index (κ1) is 34.1. The van der Waals surface area contributed by atoms with Crippen molar-refractivity contribution in [2.75, 3.05) is 0 Å². The van der Waals surface area contributed by atoms with Gasteiger partial charge in [0.2, 0.25) is 0 Å². The average molecular weight is 703 g/mol. The van der Waals surface area contributed by atoms with Crippen LogP contribution in [0.5, 0.6) is 23.0 Å². The predicted octanol–water partition coefficient (Wildman–Crippen LogP) is 10.9. The van der Waals surface area contributed by atoms with Gasteiger partial charge in [-0.2, -0.15) is 0 Å². The van der Waals surface area contributed by atoms with Crippen LogP contribution in [0.15, 0.2) is 206 Å². The number of aromatic hydroxyl groups is 4. The van der Waals surface area contributed by atoms with E-state index in [0.717, 1.165) is 33.4 Å². The standard InChI is InChI=1S/C25H18O2.C25H20O2/c26-19-13-9-17(10-14-19)25(18-11-15-20(27)16-12-18)23-7-3-1-5-21(23)22-6-2-4-8-24(22)25;26-23-15-11-21(12-16-23)25(19-7-3-1-4-8-19,20-9-5-2-6-10-20)22-13-17-24(27)18-14-22/h1-16,26-27H;1-18,26-27H. The third-order valence-electron chi connectivity index (χ3n) is 10.6. The minimum absolute atomic E-state index is 0.236. The molecule has 1 aliphatic carbocycles. The van der Waals surface area contributed by atoms with Gasteiger partial charge in [0.05, 0.1) is 10.8 Å². The van der Waals surface area contributed by atoms with Gasteiger partial charge >= 0.3 is 0 Å². The van der Waals surface area contributed by atoms with E-state index in [0.29, 0.717) is 0 Å². The first-order chi connectivity index (χ1) is 26.4. The zero-order valence-corrected chi connectivity index (χ0v) is 29.4. The summed E-state index contributed by atoms with van der Waals surface area (Å²) in [5.41, 5.74) is 10.3. The summed E-state index contributed by atoms with van der Waals surface area (Å²) in [6.45, 7) is 0. The van der Waals surface area contributed by atoms with Gasteiger partial charge in [0.1, 0.15) is 23.0 Å². The van der Waals surface area contributed by atoms with E-state index >= 15 is 0 Å². The normalized spacial score (nSPS) is 12.5. The third kappa shape index (κ3) is 5.75. The summed E-state index contributed by atoms with van der Waals surface area (Å²) in [4.78, 5) is 0. The molecule has 4 N–H and O–H groups in total. The third-order valence-corrected chi connectivity index (χ3v) is 10.6. The average Bonchev–Trinajstić information content (AvgIpc) is 3.52. The molecule has 9 rings (SSSR count). The Morgan fingerprint density at radius 2 is 0.556 bits per heavy atom. The minimum Gasteiger partial charge on any atom is -0.508 e. The van der Waals surface area contributed by atoms with Crippen LogP contribution in [0.25, 0.3) is 11.1 Å². The van der Waals surface area contributed by atoms with E-state index in [-0.39, 0.29) is 23.0 Å². The number of phenols is 4. The van der Waals surface area contributed by atoms with E-state index in [1.807, 2.05) is 84.9 Å². The van der Waals surface area contributed by atoms with Crippen molar-refractivity contribution in [2.45, 2.75) is 10.8 Å². The molecular weight excluding hydrogens is 665 g/mol. The number of phenolic OH excluding ortho intramolecular Hbond substituents is 4. The Morgan fingerprint density at radius 1 is 0.278 bits per heavy atom. The van der Waals surface area contributed by atoms with Gasteiger partial charge in [-0.15, -0.1) is 0 Å². The lowest BCUT2D eigenvalue weighted by Gasteiger charge is -2.36. The van der Waals surface area contributed by atoms with Gasteiger partial charge in [0.25, 0.3) is 0 Å². The molecule has 262 valence electrons. The van der Waals surface area contributed by atoms with Crippen LogP contribution < -0.4 is 0 Å². The molecule has 0 spiro atoms. The number of benzene rings is 8. The monoisotopic (exact) mass is 702 g/mol. The van der Waals surface area contributed by atoms with Crippen molar-refractivity contribution < 1.29 is 20.4 Å². The molecule has 0 bridgehead atoms. The summed E-state index contributed by atoms with van der Waals surface area (Å²) in [7, 11) is 0. The van der Waals surface area contributed by atoms with Crippen molar-refractivity contribution in [3.8, 4) is 34.1 Å². The molecule has 4 heteroatoms. The molecule has 8 aromatic rings. The summed E-state index contributed by atoms with van der Waals surface area (Å²) in [6.07, 6.45) is 0. The number of hydrogen-bond donors (Lipinski definition) is 4. The second-order valence-corrected chi connectivity index (χ2v) is 13.5. The lowest BCUT2D eigenvalue weighted by atomic mass is 9.65. The van der Waals surface area contributed by atoms with E-state index in [4.69, 9.17) is 0 Å². The van der Waals surface area contributed by atoms with Crippen LogP contribution in [-0.4, -0.2) is 20.4 Å². The number of rotatable bonds is 6. The molecule has 0 fully saturated rings. The van der Waals surface area contributed by atoms with E-state index in [1.165, 1.54) is 22.3 Å². The molecule has 0 radical (unpaired) electrons. The van der Waals surface area contributed by atoms with Crippen molar-refractivity contribution in [3.05, 3.63) is 251 Å². The minimum atomic E-state index is -0.566. The molecule has 4 nitrogen and oxygen atoms in total. The van der Waals surface area contributed by atoms with Crippen LogP contribution in [0.1, 0.15) is 44.5 Å². The Balaban J connectivity index is 0.000000153. The summed E-state index contributed by atoms with van der Waals surface area (Å²) in [5, 5.41) is 39.4. The quantitative estimate of drug-likeness (QED) is 0.130. The molecule has 0 amide bonds. The number of hydrogen-bond acceptors (Lipinski definition) is 4. The molecule has 0 heterocycles. The SMILES string of the molecule is Oc1ccc(C(c2ccccc2)(c2ccccc2)c2ccc(O)cc2)cc1.Oc1ccc(C2(c3ccc(O)cc3)c3ccccc3-c3ccccc32)cc1. The fraction of sp³-hybridized carbons (Fsp3) is 0.0400. The molecule has 0 aromatic heterocycles. The maximum Gasteiger partial charge on any atom is 0.115 e. The maximum absolute atomic E-state index is 9.85. The predicted molar refractivity (Wildman–Crippen MR) is 215 cm³/mol. The second kappa shape index (κ2) is 14.2. The summed E-state index contributed by atoms with van der Waals surface area (Å²) in [5.74, 6) is 0.970. The molecule has 54 heavy (non-hydrogen) atoms. The topological polar surface area (TPSA) is 80.9 Å². The highest BCUT2D eigenvalue weighted by Gasteiger charge is 2.46. The zero-order valence-electron chi connectivity index (χ0n) is 29.4. The lowest BCUT2D eigenvalue weighted by molar-refractivity contribution is 0.473. The Hall–Kier alpha value is -7.04. The Bertz CT molecular complexity index is 2220. The van der Waals surface area contributed by atoms with Crippen LogP contribution in [-0.2, 0) is 10.8 Å². The number of fused-ring (bicyclic) bond motifs is 3.